The summed E-state index contributed by atoms with van der Waals surface area (Å²) in [6.45, 7) is 1.17. The van der Waals surface area contributed by atoms with Crippen molar-refractivity contribution in [1.29, 1.82) is 0 Å². The number of benzene rings is 2. The molecule has 2 heterocycles. The van der Waals surface area contributed by atoms with Crippen LogP contribution in [0.15, 0.2) is 36.5 Å². The highest BCUT2D eigenvalue weighted by Crippen LogP contribution is 2.40. The van der Waals surface area contributed by atoms with Gasteiger partial charge in [0.25, 0.3) is 0 Å². The number of piperidine rings is 1. The van der Waals surface area contributed by atoms with Gasteiger partial charge in [-0.15, -0.1) is 0 Å². The van der Waals surface area contributed by atoms with Crippen molar-refractivity contribution in [1.82, 2.24) is 9.88 Å². The third-order valence-electron chi connectivity index (χ3n) is 7.44. The Morgan fingerprint density at radius 2 is 1.90 bits per heavy atom. The molecule has 3 aromatic rings. The monoisotopic (exact) mass is 541 g/mol. The van der Waals surface area contributed by atoms with E-state index in [1.54, 1.807) is 31.5 Å². The Kier molecular flexibility index (Phi) is 8.75. The van der Waals surface area contributed by atoms with Crippen molar-refractivity contribution in [3.05, 3.63) is 70.7 Å². The molecule has 39 heavy (non-hydrogen) atoms. The predicted molar refractivity (Wildman–Crippen MR) is 139 cm³/mol. The van der Waals surface area contributed by atoms with Crippen molar-refractivity contribution in [3.63, 3.8) is 0 Å². The summed E-state index contributed by atoms with van der Waals surface area (Å²) >= 11 is 0. The fraction of sp³-hybridized carbons (Fsp3) is 0.379. The van der Waals surface area contributed by atoms with Gasteiger partial charge in [0.1, 0.15) is 23.2 Å². The second kappa shape index (κ2) is 12.0. The van der Waals surface area contributed by atoms with Crippen LogP contribution in [0.3, 0.4) is 0 Å². The van der Waals surface area contributed by atoms with E-state index in [0.717, 1.165) is 0 Å². The molecule has 1 aromatic heterocycles. The van der Waals surface area contributed by atoms with Gasteiger partial charge in [0.15, 0.2) is 0 Å². The minimum absolute atomic E-state index is 0.165. The number of nitrogens with two attached hydrogens (primary N) is 1. The first-order valence-corrected chi connectivity index (χ1v) is 12.6. The largest absolute Gasteiger partial charge is 0.497 e. The van der Waals surface area contributed by atoms with Gasteiger partial charge >= 0.3 is 5.97 Å². The normalized spacial score (nSPS) is 15.9. The number of aromatic nitrogens is 1. The van der Waals surface area contributed by atoms with Crippen molar-refractivity contribution >= 4 is 16.9 Å². The molecule has 0 bridgehead atoms. The molecule has 0 spiro atoms. The lowest BCUT2D eigenvalue weighted by Gasteiger charge is -2.38. The minimum atomic E-state index is -1.07. The molecule has 1 atom stereocenters. The molecule has 1 saturated heterocycles. The van der Waals surface area contributed by atoms with Crippen LogP contribution in [-0.2, 0) is 11.3 Å². The van der Waals surface area contributed by atoms with Crippen LogP contribution in [0.2, 0.25) is 0 Å². The molecule has 10 heteroatoms. The molecule has 0 aliphatic carbocycles. The Hall–Kier alpha value is -3.65. The smallest absolute Gasteiger partial charge is 0.309 e. The van der Waals surface area contributed by atoms with Crippen molar-refractivity contribution < 1.29 is 32.9 Å². The van der Waals surface area contributed by atoms with E-state index in [4.69, 9.17) is 10.5 Å². The number of halogens is 3. The molecule has 0 saturated carbocycles. The van der Waals surface area contributed by atoms with E-state index < -0.39 is 40.5 Å². The lowest BCUT2D eigenvalue weighted by atomic mass is 9.74. The predicted octanol–water partition coefficient (Wildman–Crippen LogP) is 4.15. The standard InChI is InChI=1S/C29H30F3N3O4/c1-39-20-4-5-25-22(15-20)27(18(16-33)17-34-25)26(36)6-7-29(28(37)38)8-11-35(12-9-29)10-2-3-21-23(31)13-19(30)14-24(21)32/h4-5,13-15,17,26,36H,6-12,16,33H2,1H3,(H,37,38). The summed E-state index contributed by atoms with van der Waals surface area (Å²) in [6, 6.07) is 6.51. The quantitative estimate of drug-likeness (QED) is 0.368. The average molecular weight is 542 g/mol. The fourth-order valence-corrected chi connectivity index (χ4v) is 5.09. The van der Waals surface area contributed by atoms with E-state index in [1.807, 2.05) is 4.90 Å². The number of rotatable bonds is 8. The Bertz CT molecular complexity index is 1400. The number of hydrogen-bond acceptors (Lipinski definition) is 6. The number of methoxy groups -OCH3 is 1. The maximum absolute atomic E-state index is 13.8. The molecule has 1 aliphatic heterocycles. The lowest BCUT2D eigenvalue weighted by Crippen LogP contribution is -2.44. The van der Waals surface area contributed by atoms with E-state index in [2.05, 4.69) is 16.8 Å². The second-order valence-corrected chi connectivity index (χ2v) is 9.75. The number of carbonyl (C=O) groups is 1. The molecule has 0 amide bonds. The van der Waals surface area contributed by atoms with Crippen LogP contribution < -0.4 is 10.5 Å². The SMILES string of the molecule is COc1ccc2ncc(CN)c(C(O)CCC3(C(=O)O)CCN(CC#Cc4c(F)cc(F)cc4F)CC3)c2c1. The molecule has 1 unspecified atom stereocenters. The number of pyridine rings is 1. The number of nitrogens with zero attached hydrogens (tertiary/aromatic N) is 2. The number of carboxylic acids is 1. The number of aliphatic hydroxyl groups is 1. The van der Waals surface area contributed by atoms with Crippen LogP contribution in [0.1, 0.15) is 48.5 Å². The molecule has 2 aromatic carbocycles. The number of aliphatic hydroxyl groups excluding tert-OH is 1. The highest BCUT2D eigenvalue weighted by atomic mass is 19.1. The van der Waals surface area contributed by atoms with Crippen LogP contribution in [0, 0.1) is 34.7 Å². The maximum Gasteiger partial charge on any atom is 0.309 e. The Morgan fingerprint density at radius 1 is 1.21 bits per heavy atom. The maximum atomic E-state index is 13.8. The first-order valence-electron chi connectivity index (χ1n) is 12.6. The van der Waals surface area contributed by atoms with E-state index in [0.29, 0.717) is 65.8 Å². The summed E-state index contributed by atoms with van der Waals surface area (Å²) in [5.41, 5.74) is 6.36. The van der Waals surface area contributed by atoms with E-state index in [-0.39, 0.29) is 25.9 Å². The molecule has 1 fully saturated rings. The van der Waals surface area contributed by atoms with Crippen LogP contribution in [0.4, 0.5) is 13.2 Å². The fourth-order valence-electron chi connectivity index (χ4n) is 5.09. The van der Waals surface area contributed by atoms with Gasteiger partial charge in [-0.2, -0.15) is 0 Å². The van der Waals surface area contributed by atoms with E-state index >= 15 is 0 Å². The minimum Gasteiger partial charge on any atom is -0.497 e. The summed E-state index contributed by atoms with van der Waals surface area (Å²) in [4.78, 5) is 18.7. The van der Waals surface area contributed by atoms with Gasteiger partial charge < -0.3 is 20.7 Å². The molecule has 0 radical (unpaired) electrons. The highest BCUT2D eigenvalue weighted by Gasteiger charge is 2.41. The van der Waals surface area contributed by atoms with E-state index in [1.165, 1.54) is 0 Å². The first kappa shape index (κ1) is 28.4. The van der Waals surface area contributed by atoms with Crippen LogP contribution >= 0.6 is 0 Å². The molecular weight excluding hydrogens is 511 g/mol. The third kappa shape index (κ3) is 6.17. The van der Waals surface area contributed by atoms with Gasteiger partial charge in [0.2, 0.25) is 0 Å². The summed E-state index contributed by atoms with van der Waals surface area (Å²) in [6.07, 6.45) is 1.77. The lowest BCUT2D eigenvalue weighted by molar-refractivity contribution is -0.153. The second-order valence-electron chi connectivity index (χ2n) is 9.75. The number of hydrogen-bond donors (Lipinski definition) is 3. The van der Waals surface area contributed by atoms with Crippen molar-refractivity contribution in [3.8, 4) is 17.6 Å². The van der Waals surface area contributed by atoms with Gasteiger partial charge in [-0.05, 0) is 55.0 Å². The Morgan fingerprint density at radius 3 is 2.51 bits per heavy atom. The molecular formula is C29H30F3N3O4. The van der Waals surface area contributed by atoms with Crippen molar-refractivity contribution in [2.45, 2.75) is 38.3 Å². The number of likely N-dealkylation sites (tertiary alicyclic amines) is 1. The first-order chi connectivity index (χ1) is 18.7. The molecule has 1 aliphatic rings. The Balaban J connectivity index is 1.44. The highest BCUT2D eigenvalue weighted by molar-refractivity contribution is 5.85. The number of fused-ring (bicyclic) bond motifs is 1. The zero-order valence-corrected chi connectivity index (χ0v) is 21.5. The van der Waals surface area contributed by atoms with Crippen LogP contribution in [0.25, 0.3) is 10.9 Å². The van der Waals surface area contributed by atoms with Gasteiger partial charge in [0, 0.05) is 43.4 Å². The molecule has 4 N–H and O–H groups in total. The van der Waals surface area contributed by atoms with Gasteiger partial charge in [-0.1, -0.05) is 11.8 Å². The summed E-state index contributed by atoms with van der Waals surface area (Å²) in [5, 5.41) is 22.1. The topological polar surface area (TPSA) is 109 Å². The van der Waals surface area contributed by atoms with E-state index in [9.17, 15) is 28.2 Å². The zero-order chi connectivity index (χ0) is 28.2. The Labute approximate surface area is 224 Å². The summed E-state index contributed by atoms with van der Waals surface area (Å²) in [7, 11) is 1.55. The summed E-state index contributed by atoms with van der Waals surface area (Å²) in [5.74, 6) is 1.62. The molecule has 7 nitrogen and oxygen atoms in total. The summed E-state index contributed by atoms with van der Waals surface area (Å²) < 4.78 is 46.0. The molecule has 4 rings (SSSR count). The number of ether oxygens (including phenoxy) is 1. The van der Waals surface area contributed by atoms with Crippen LogP contribution in [0.5, 0.6) is 5.75 Å². The van der Waals surface area contributed by atoms with Gasteiger partial charge in [-0.25, -0.2) is 13.2 Å². The van der Waals surface area contributed by atoms with Gasteiger partial charge in [0.05, 0.1) is 36.3 Å². The zero-order valence-electron chi connectivity index (χ0n) is 21.5. The average Bonchev–Trinajstić information content (AvgIpc) is 2.92. The van der Waals surface area contributed by atoms with Crippen LogP contribution in [-0.4, -0.2) is 52.8 Å². The van der Waals surface area contributed by atoms with Crippen molar-refractivity contribution in [2.24, 2.45) is 11.1 Å². The van der Waals surface area contributed by atoms with Crippen molar-refractivity contribution in [2.75, 3.05) is 26.7 Å². The third-order valence-corrected chi connectivity index (χ3v) is 7.44. The number of carboxylic acid groups (broad SMARTS) is 1. The number of aliphatic carboxylic acids is 1. The van der Waals surface area contributed by atoms with Gasteiger partial charge in [-0.3, -0.25) is 14.7 Å². The molecule has 206 valence electrons.